The second-order valence-corrected chi connectivity index (χ2v) is 9.92. The molecule has 0 aromatic heterocycles. The Labute approximate surface area is 184 Å². The van der Waals surface area contributed by atoms with Crippen LogP contribution in [0.2, 0.25) is 5.02 Å². The first-order valence-electron chi connectivity index (χ1n) is 10.1. The lowest BCUT2D eigenvalue weighted by molar-refractivity contribution is -0.131. The predicted octanol–water partition coefficient (Wildman–Crippen LogP) is 3.54. The molecule has 6 nitrogen and oxygen atoms in total. The maximum Gasteiger partial charge on any atom is 0.232 e. The van der Waals surface area contributed by atoms with Gasteiger partial charge in [0.1, 0.15) is 0 Å². The highest BCUT2D eigenvalue weighted by Gasteiger charge is 2.23. The molecule has 3 rings (SSSR count). The summed E-state index contributed by atoms with van der Waals surface area (Å²) >= 11 is 6.14. The Hall–Kier alpha value is -2.25. The number of para-hydroxylation sites is 1. The first-order valence-corrected chi connectivity index (χ1v) is 12.3. The molecule has 0 atom stereocenters. The number of sulfonamides is 1. The maximum absolute atomic E-state index is 12.6. The van der Waals surface area contributed by atoms with Crippen molar-refractivity contribution in [2.45, 2.75) is 19.8 Å². The van der Waals surface area contributed by atoms with Crippen LogP contribution < -0.4 is 9.21 Å². The Morgan fingerprint density at radius 2 is 1.73 bits per heavy atom. The molecule has 1 aliphatic rings. The summed E-state index contributed by atoms with van der Waals surface area (Å²) in [6.07, 6.45) is 2.00. The second-order valence-electron chi connectivity index (χ2n) is 7.57. The van der Waals surface area contributed by atoms with Crippen molar-refractivity contribution in [2.24, 2.45) is 0 Å². The zero-order valence-electron chi connectivity index (χ0n) is 17.4. The molecular weight excluding hydrogens is 422 g/mol. The molecule has 30 heavy (non-hydrogen) atoms. The van der Waals surface area contributed by atoms with Gasteiger partial charge in [-0.05, 0) is 43.2 Å². The maximum atomic E-state index is 12.6. The Bertz CT molecular complexity index is 974. The van der Waals surface area contributed by atoms with Gasteiger partial charge in [-0.2, -0.15) is 0 Å². The summed E-state index contributed by atoms with van der Waals surface area (Å²) in [5.74, 6) is 0.0685. The fourth-order valence-corrected chi connectivity index (χ4v) is 4.86. The van der Waals surface area contributed by atoms with Crippen LogP contribution in [0.5, 0.6) is 0 Å². The first kappa shape index (κ1) is 22.4. The summed E-state index contributed by atoms with van der Waals surface area (Å²) in [5, 5.41) is 0.711. The zero-order valence-corrected chi connectivity index (χ0v) is 19.0. The van der Waals surface area contributed by atoms with Gasteiger partial charge in [-0.3, -0.25) is 9.10 Å². The van der Waals surface area contributed by atoms with E-state index in [2.05, 4.69) is 11.8 Å². The summed E-state index contributed by atoms with van der Waals surface area (Å²) in [6, 6.07) is 14.8. The fourth-order valence-electron chi connectivity index (χ4n) is 3.73. The molecular formula is C22H28ClN3O3S. The molecule has 0 saturated carbocycles. The number of nitrogens with zero attached hydrogens (tertiary/aromatic N) is 3. The number of amides is 1. The molecule has 0 spiro atoms. The van der Waals surface area contributed by atoms with Crippen LogP contribution in [0, 0.1) is 6.92 Å². The van der Waals surface area contributed by atoms with Gasteiger partial charge in [0, 0.05) is 49.9 Å². The third-order valence-corrected chi connectivity index (χ3v) is 6.77. The van der Waals surface area contributed by atoms with E-state index >= 15 is 0 Å². The minimum absolute atomic E-state index is 0.0685. The second kappa shape index (κ2) is 9.71. The van der Waals surface area contributed by atoms with E-state index in [0.29, 0.717) is 36.6 Å². The molecule has 1 amide bonds. The van der Waals surface area contributed by atoms with Crippen molar-refractivity contribution in [1.29, 1.82) is 0 Å². The molecule has 1 fully saturated rings. The molecule has 0 N–H and O–H groups in total. The first-order chi connectivity index (χ1) is 14.3. The van der Waals surface area contributed by atoms with Gasteiger partial charge in [0.05, 0.1) is 11.9 Å². The van der Waals surface area contributed by atoms with E-state index in [9.17, 15) is 13.2 Å². The molecule has 162 valence electrons. The fraction of sp³-hybridized carbons (Fsp3) is 0.409. The minimum Gasteiger partial charge on any atom is -0.368 e. The number of piperazine rings is 1. The normalized spacial score (nSPS) is 14.6. The monoisotopic (exact) mass is 449 g/mol. The van der Waals surface area contributed by atoms with Crippen molar-refractivity contribution < 1.29 is 13.2 Å². The number of carbonyl (C=O) groups excluding carboxylic acids is 1. The molecule has 2 aromatic rings. The van der Waals surface area contributed by atoms with Gasteiger partial charge >= 0.3 is 0 Å². The highest BCUT2D eigenvalue weighted by Crippen LogP contribution is 2.25. The number of aryl methyl sites for hydroxylation is 1. The number of hydrogen-bond acceptors (Lipinski definition) is 4. The van der Waals surface area contributed by atoms with Gasteiger partial charge < -0.3 is 9.80 Å². The molecule has 0 radical (unpaired) electrons. The summed E-state index contributed by atoms with van der Waals surface area (Å²) in [6.45, 7) is 5.16. The molecule has 1 aliphatic heterocycles. The third kappa shape index (κ3) is 5.67. The minimum atomic E-state index is -3.40. The van der Waals surface area contributed by atoms with Crippen molar-refractivity contribution in [3.63, 3.8) is 0 Å². The number of carbonyl (C=O) groups is 1. The van der Waals surface area contributed by atoms with Gasteiger partial charge in [0.25, 0.3) is 0 Å². The van der Waals surface area contributed by atoms with Crippen LogP contribution >= 0.6 is 11.6 Å². The molecule has 0 bridgehead atoms. The van der Waals surface area contributed by atoms with E-state index < -0.39 is 10.0 Å². The van der Waals surface area contributed by atoms with Crippen molar-refractivity contribution >= 4 is 38.9 Å². The van der Waals surface area contributed by atoms with Crippen molar-refractivity contribution in [3.8, 4) is 0 Å². The summed E-state index contributed by atoms with van der Waals surface area (Å²) in [7, 11) is -3.40. The molecule has 2 aromatic carbocycles. The Morgan fingerprint density at radius 1 is 1.07 bits per heavy atom. The van der Waals surface area contributed by atoms with Crippen LogP contribution in [0.4, 0.5) is 11.4 Å². The average Bonchev–Trinajstić information content (AvgIpc) is 2.72. The molecule has 0 aliphatic carbocycles. The van der Waals surface area contributed by atoms with E-state index in [4.69, 9.17) is 11.6 Å². The molecule has 1 saturated heterocycles. The summed E-state index contributed by atoms with van der Waals surface area (Å²) < 4.78 is 25.7. The number of hydrogen-bond donors (Lipinski definition) is 0. The Morgan fingerprint density at radius 3 is 2.37 bits per heavy atom. The van der Waals surface area contributed by atoms with Gasteiger partial charge in [-0.15, -0.1) is 0 Å². The third-order valence-electron chi connectivity index (χ3n) is 5.34. The number of anilines is 2. The van der Waals surface area contributed by atoms with Crippen molar-refractivity contribution in [2.75, 3.05) is 48.2 Å². The smallest absolute Gasteiger partial charge is 0.232 e. The lowest BCUT2D eigenvalue weighted by Gasteiger charge is -2.37. The van der Waals surface area contributed by atoms with E-state index in [1.165, 1.54) is 16.1 Å². The van der Waals surface area contributed by atoms with Crippen LogP contribution in [-0.4, -0.2) is 58.2 Å². The van der Waals surface area contributed by atoms with E-state index in [-0.39, 0.29) is 12.5 Å². The number of rotatable bonds is 7. The molecule has 8 heteroatoms. The van der Waals surface area contributed by atoms with Gasteiger partial charge in [0.2, 0.25) is 15.9 Å². The largest absolute Gasteiger partial charge is 0.368 e. The zero-order chi connectivity index (χ0) is 21.7. The quantitative estimate of drug-likeness (QED) is 0.648. The van der Waals surface area contributed by atoms with Crippen molar-refractivity contribution in [3.05, 3.63) is 59.1 Å². The summed E-state index contributed by atoms with van der Waals surface area (Å²) in [5.41, 5.74) is 2.90. The van der Waals surface area contributed by atoms with Crippen LogP contribution in [0.25, 0.3) is 0 Å². The highest BCUT2D eigenvalue weighted by molar-refractivity contribution is 7.92. The predicted molar refractivity (Wildman–Crippen MR) is 123 cm³/mol. The van der Waals surface area contributed by atoms with Crippen LogP contribution in [0.1, 0.15) is 18.4 Å². The van der Waals surface area contributed by atoms with E-state index in [1.54, 1.807) is 24.3 Å². The standard InChI is InChI=1S/C22H28ClN3O3S/c1-18-10-11-19(23)17-21(18)24-13-15-25(16-14-24)22(27)9-6-12-26(30(2,28)29)20-7-4-3-5-8-20/h3-5,7-8,10-11,17H,6,9,12-16H2,1-2H3. The van der Waals surface area contributed by atoms with Gasteiger partial charge in [-0.1, -0.05) is 35.9 Å². The van der Waals surface area contributed by atoms with Crippen LogP contribution in [-0.2, 0) is 14.8 Å². The molecule has 0 unspecified atom stereocenters. The van der Waals surface area contributed by atoms with Crippen molar-refractivity contribution in [1.82, 2.24) is 4.90 Å². The number of halogens is 1. The van der Waals surface area contributed by atoms with Gasteiger partial charge in [-0.25, -0.2) is 8.42 Å². The Balaban J connectivity index is 1.52. The van der Waals surface area contributed by atoms with E-state index in [0.717, 1.165) is 18.8 Å². The lowest BCUT2D eigenvalue weighted by atomic mass is 10.1. The number of benzene rings is 2. The lowest BCUT2D eigenvalue weighted by Crippen LogP contribution is -2.49. The topological polar surface area (TPSA) is 60.9 Å². The van der Waals surface area contributed by atoms with Crippen LogP contribution in [0.3, 0.4) is 0 Å². The highest BCUT2D eigenvalue weighted by atomic mass is 35.5. The average molecular weight is 450 g/mol. The van der Waals surface area contributed by atoms with E-state index in [1.807, 2.05) is 29.2 Å². The Kier molecular flexibility index (Phi) is 7.26. The SMILES string of the molecule is Cc1ccc(Cl)cc1N1CCN(C(=O)CCCN(c2ccccc2)S(C)(=O)=O)CC1. The van der Waals surface area contributed by atoms with Crippen LogP contribution in [0.15, 0.2) is 48.5 Å². The summed E-state index contributed by atoms with van der Waals surface area (Å²) in [4.78, 5) is 16.8. The molecule has 1 heterocycles. The van der Waals surface area contributed by atoms with Gasteiger partial charge in [0.15, 0.2) is 0 Å².